The van der Waals surface area contributed by atoms with Gasteiger partial charge >= 0.3 is 6.03 Å². The molecule has 0 atom stereocenters. The van der Waals surface area contributed by atoms with E-state index in [1.54, 1.807) is 0 Å². The number of aliphatic hydroxyl groups is 1. The highest BCUT2D eigenvalue weighted by Gasteiger charge is 2.07. The molecular weight excluding hydrogens is 247 g/mol. The Morgan fingerprint density at radius 2 is 2.21 bits per heavy atom. The monoisotopic (exact) mass is 264 g/mol. The van der Waals surface area contributed by atoms with Crippen LogP contribution in [0.4, 0.5) is 14.9 Å². The van der Waals surface area contributed by atoms with Gasteiger partial charge in [0, 0.05) is 12.5 Å². The number of hydrogen-bond acceptors (Lipinski definition) is 2. The van der Waals surface area contributed by atoms with Gasteiger partial charge in [-0.15, -0.1) is 0 Å². The largest absolute Gasteiger partial charge is 0.395 e. The van der Waals surface area contributed by atoms with Crippen LogP contribution < -0.4 is 10.6 Å². The van der Waals surface area contributed by atoms with Crippen molar-refractivity contribution in [3.8, 4) is 11.8 Å². The second-order valence-electron chi connectivity index (χ2n) is 4.22. The molecule has 0 spiro atoms. The Labute approximate surface area is 112 Å². The fraction of sp³-hybridized carbons (Fsp3) is 0.357. The van der Waals surface area contributed by atoms with Crippen molar-refractivity contribution in [3.05, 3.63) is 29.6 Å². The summed E-state index contributed by atoms with van der Waals surface area (Å²) < 4.78 is 13.2. The molecule has 3 N–H and O–H groups in total. The fourth-order valence-corrected chi connectivity index (χ4v) is 1.36. The number of carbonyl (C=O) groups is 1. The summed E-state index contributed by atoms with van der Waals surface area (Å²) in [6.07, 6.45) is 0.300. The molecule has 2 amide bonds. The molecule has 0 aromatic heterocycles. The number of aliphatic hydroxyl groups excluding tert-OH is 1. The van der Waals surface area contributed by atoms with Crippen molar-refractivity contribution in [3.63, 3.8) is 0 Å². The van der Waals surface area contributed by atoms with Gasteiger partial charge in [0.1, 0.15) is 5.82 Å². The van der Waals surface area contributed by atoms with Gasteiger partial charge < -0.3 is 15.7 Å². The Bertz CT molecular complexity index is 504. The zero-order valence-corrected chi connectivity index (χ0v) is 11.0. The molecule has 4 nitrogen and oxygen atoms in total. The van der Waals surface area contributed by atoms with Crippen molar-refractivity contribution in [1.82, 2.24) is 5.32 Å². The molecule has 0 unspecified atom stereocenters. The lowest BCUT2D eigenvalue weighted by Crippen LogP contribution is -2.34. The number of amides is 2. The maximum Gasteiger partial charge on any atom is 0.319 e. The van der Waals surface area contributed by atoms with Gasteiger partial charge in [0.15, 0.2) is 0 Å². The van der Waals surface area contributed by atoms with Crippen LogP contribution in [0, 0.1) is 17.7 Å². The second kappa shape index (κ2) is 7.39. The van der Waals surface area contributed by atoms with Crippen molar-refractivity contribution >= 4 is 11.7 Å². The minimum Gasteiger partial charge on any atom is -0.395 e. The molecule has 1 aromatic rings. The van der Waals surface area contributed by atoms with Crippen LogP contribution >= 0.6 is 0 Å². The van der Waals surface area contributed by atoms with Gasteiger partial charge in [-0.25, -0.2) is 9.18 Å². The zero-order chi connectivity index (χ0) is 14.3. The third-order valence-electron chi connectivity index (χ3n) is 2.11. The molecule has 0 bridgehead atoms. The van der Waals surface area contributed by atoms with Gasteiger partial charge in [0.05, 0.1) is 17.9 Å². The van der Waals surface area contributed by atoms with Crippen LogP contribution in [0.1, 0.15) is 25.8 Å². The lowest BCUT2D eigenvalue weighted by atomic mass is 10.1. The van der Waals surface area contributed by atoms with Crippen molar-refractivity contribution in [2.45, 2.75) is 26.3 Å². The second-order valence-corrected chi connectivity index (χ2v) is 4.22. The number of anilines is 1. The number of carbonyl (C=O) groups excluding carboxylic acids is 1. The summed E-state index contributed by atoms with van der Waals surface area (Å²) in [4.78, 5) is 11.6. The number of benzene rings is 1. The highest BCUT2D eigenvalue weighted by Crippen LogP contribution is 2.16. The Morgan fingerprint density at radius 1 is 1.47 bits per heavy atom. The molecule has 102 valence electrons. The summed E-state index contributed by atoms with van der Waals surface area (Å²) in [6, 6.07) is 3.59. The van der Waals surface area contributed by atoms with E-state index in [1.165, 1.54) is 18.2 Å². The molecule has 0 radical (unpaired) electrons. The maximum atomic E-state index is 13.2. The average Bonchev–Trinajstić information content (AvgIpc) is 2.32. The predicted octanol–water partition coefficient (Wildman–Crippen LogP) is 2.09. The van der Waals surface area contributed by atoms with Gasteiger partial charge in [-0.05, 0) is 32.0 Å². The first-order valence-electron chi connectivity index (χ1n) is 5.99. The summed E-state index contributed by atoms with van der Waals surface area (Å²) in [5.41, 5.74) is 0.817. The quantitative estimate of drug-likeness (QED) is 0.732. The molecule has 0 aliphatic heterocycles. The Morgan fingerprint density at radius 3 is 2.84 bits per heavy atom. The maximum absolute atomic E-state index is 13.2. The van der Waals surface area contributed by atoms with Crippen LogP contribution in [0.5, 0.6) is 0 Å². The number of urea groups is 1. The molecule has 0 heterocycles. The van der Waals surface area contributed by atoms with Crippen molar-refractivity contribution in [1.29, 1.82) is 0 Å². The first kappa shape index (κ1) is 15.0. The molecule has 0 aliphatic carbocycles. The fourth-order valence-electron chi connectivity index (χ4n) is 1.36. The van der Waals surface area contributed by atoms with Crippen molar-refractivity contribution in [2.75, 3.05) is 11.9 Å². The lowest BCUT2D eigenvalue weighted by molar-refractivity contribution is 0.250. The van der Waals surface area contributed by atoms with E-state index >= 15 is 0 Å². The number of rotatable bonds is 3. The molecule has 5 heteroatoms. The van der Waals surface area contributed by atoms with Crippen molar-refractivity contribution < 1.29 is 14.3 Å². The molecule has 1 aromatic carbocycles. The van der Waals surface area contributed by atoms with Crippen molar-refractivity contribution in [2.24, 2.45) is 0 Å². The van der Waals surface area contributed by atoms with Crippen LogP contribution in [0.15, 0.2) is 18.2 Å². The van der Waals surface area contributed by atoms with E-state index in [0.717, 1.165) is 0 Å². The predicted molar refractivity (Wildman–Crippen MR) is 72.3 cm³/mol. The van der Waals surface area contributed by atoms with E-state index in [2.05, 4.69) is 22.5 Å². The highest BCUT2D eigenvalue weighted by atomic mass is 19.1. The summed E-state index contributed by atoms with van der Waals surface area (Å²) in [5, 5.41) is 13.9. The topological polar surface area (TPSA) is 61.4 Å². The Hall–Kier alpha value is -2.06. The standard InChI is InChI=1S/C14H17FN2O2/c1-10(2)16-14(19)17-13-7-6-12(15)9-11(13)5-3-4-8-18/h6-7,9-10,18H,4,8H2,1-2H3,(H2,16,17,19). The van der Waals surface area contributed by atoms with Crippen LogP contribution in [-0.4, -0.2) is 23.8 Å². The summed E-state index contributed by atoms with van der Waals surface area (Å²) >= 11 is 0. The smallest absolute Gasteiger partial charge is 0.319 e. The average molecular weight is 264 g/mol. The van der Waals surface area contributed by atoms with E-state index in [4.69, 9.17) is 5.11 Å². The molecule has 0 saturated heterocycles. The molecule has 1 rings (SSSR count). The third-order valence-corrected chi connectivity index (χ3v) is 2.11. The SMILES string of the molecule is CC(C)NC(=O)Nc1ccc(F)cc1C#CCCO. The summed E-state index contributed by atoms with van der Waals surface area (Å²) in [6.45, 7) is 3.62. The van der Waals surface area contributed by atoms with Crippen LogP contribution in [0.25, 0.3) is 0 Å². The lowest BCUT2D eigenvalue weighted by Gasteiger charge is -2.11. The molecule has 0 saturated carbocycles. The van der Waals surface area contributed by atoms with Gasteiger partial charge in [-0.1, -0.05) is 11.8 Å². The molecule has 0 fully saturated rings. The van der Waals surface area contributed by atoms with E-state index in [0.29, 0.717) is 17.7 Å². The normalized spacial score (nSPS) is 9.74. The van der Waals surface area contributed by atoms with Gasteiger partial charge in [0.2, 0.25) is 0 Å². The summed E-state index contributed by atoms with van der Waals surface area (Å²) in [7, 11) is 0. The first-order valence-corrected chi connectivity index (χ1v) is 5.99. The van der Waals surface area contributed by atoms with Crippen LogP contribution in [-0.2, 0) is 0 Å². The Kier molecular flexibility index (Phi) is 5.83. The van der Waals surface area contributed by atoms with Crippen LogP contribution in [0.3, 0.4) is 0 Å². The van der Waals surface area contributed by atoms with E-state index in [1.807, 2.05) is 13.8 Å². The number of halogens is 1. The van der Waals surface area contributed by atoms with E-state index < -0.39 is 5.82 Å². The third kappa shape index (κ3) is 5.40. The van der Waals surface area contributed by atoms with E-state index in [9.17, 15) is 9.18 Å². The molecule has 19 heavy (non-hydrogen) atoms. The first-order chi connectivity index (χ1) is 9.02. The minimum absolute atomic E-state index is 0.00405. The summed E-state index contributed by atoms with van der Waals surface area (Å²) in [5.74, 6) is 4.99. The van der Waals surface area contributed by atoms with Gasteiger partial charge in [0.25, 0.3) is 0 Å². The minimum atomic E-state index is -0.428. The zero-order valence-electron chi connectivity index (χ0n) is 11.0. The number of hydrogen-bond donors (Lipinski definition) is 3. The van der Waals surface area contributed by atoms with Gasteiger partial charge in [-0.3, -0.25) is 0 Å². The van der Waals surface area contributed by atoms with Gasteiger partial charge in [-0.2, -0.15) is 0 Å². The van der Waals surface area contributed by atoms with E-state index in [-0.39, 0.29) is 18.7 Å². The highest BCUT2D eigenvalue weighted by molar-refractivity contribution is 5.91. The Balaban J connectivity index is 2.88. The molecule has 0 aliphatic rings. The van der Waals surface area contributed by atoms with Crippen LogP contribution in [0.2, 0.25) is 0 Å². The number of nitrogens with one attached hydrogen (secondary N) is 2. The molecular formula is C14H17FN2O2.